The number of rotatable bonds is 2. The first kappa shape index (κ1) is 12.0. The first-order chi connectivity index (χ1) is 7.15. The number of amidine groups is 1. The predicted octanol–water partition coefficient (Wildman–Crippen LogP) is 2.49. The van der Waals surface area contributed by atoms with Crippen LogP contribution in [0.4, 0.5) is 4.39 Å². The Labute approximate surface area is 96.2 Å². The summed E-state index contributed by atoms with van der Waals surface area (Å²) >= 11 is 7.02. The molecule has 0 amide bonds. The molecule has 0 saturated carbocycles. The van der Waals surface area contributed by atoms with Crippen LogP contribution < -0.4 is 5.73 Å². The molecule has 0 bridgehead atoms. The largest absolute Gasteiger partial charge is 0.377 e. The number of hydrogen-bond acceptors (Lipinski definition) is 3. The number of hydrogen-bond donors (Lipinski definition) is 1. The van der Waals surface area contributed by atoms with Gasteiger partial charge < -0.3 is 5.73 Å². The van der Waals surface area contributed by atoms with Gasteiger partial charge in [0.25, 0.3) is 0 Å². The zero-order chi connectivity index (χ0) is 11.3. The first-order valence-electron chi connectivity index (χ1n) is 3.99. The van der Waals surface area contributed by atoms with E-state index >= 15 is 0 Å². The van der Waals surface area contributed by atoms with Crippen molar-refractivity contribution in [3.8, 4) is 0 Å². The highest BCUT2D eigenvalue weighted by atomic mass is 35.5. The van der Waals surface area contributed by atoms with Crippen LogP contribution in [0.1, 0.15) is 5.56 Å². The lowest BCUT2D eigenvalue weighted by Gasteiger charge is -1.97. The van der Waals surface area contributed by atoms with E-state index in [1.54, 1.807) is 12.3 Å². The third kappa shape index (κ3) is 3.53. The molecular weight excluding hydrogens is 237 g/mol. The van der Waals surface area contributed by atoms with Crippen LogP contribution in [-0.2, 0) is 0 Å². The second kappa shape index (κ2) is 5.72. The zero-order valence-electron chi connectivity index (χ0n) is 7.95. The number of thioether (sulfide) groups is 1. The van der Waals surface area contributed by atoms with E-state index in [1.165, 1.54) is 30.1 Å². The van der Waals surface area contributed by atoms with Gasteiger partial charge in [0.15, 0.2) is 5.17 Å². The van der Waals surface area contributed by atoms with Gasteiger partial charge in [0, 0.05) is 5.56 Å². The molecule has 15 heavy (non-hydrogen) atoms. The Balaban J connectivity index is 2.90. The zero-order valence-corrected chi connectivity index (χ0v) is 9.52. The molecule has 0 unspecified atom stereocenters. The van der Waals surface area contributed by atoms with Crippen LogP contribution in [0.3, 0.4) is 0 Å². The van der Waals surface area contributed by atoms with Gasteiger partial charge in [-0.3, -0.25) is 0 Å². The molecule has 0 heterocycles. The molecular formula is C9H9ClFN3S. The van der Waals surface area contributed by atoms with E-state index in [9.17, 15) is 4.39 Å². The average molecular weight is 246 g/mol. The maximum absolute atomic E-state index is 13.2. The van der Waals surface area contributed by atoms with E-state index in [0.717, 1.165) is 0 Å². The lowest BCUT2D eigenvalue weighted by atomic mass is 10.2. The van der Waals surface area contributed by atoms with Crippen molar-refractivity contribution in [1.82, 2.24) is 0 Å². The van der Waals surface area contributed by atoms with Crippen molar-refractivity contribution in [1.29, 1.82) is 0 Å². The monoisotopic (exact) mass is 245 g/mol. The van der Waals surface area contributed by atoms with Gasteiger partial charge in [-0.05, 0) is 18.4 Å². The van der Waals surface area contributed by atoms with E-state index in [4.69, 9.17) is 17.3 Å². The number of halogens is 2. The highest BCUT2D eigenvalue weighted by Gasteiger charge is 2.02. The third-order valence-electron chi connectivity index (χ3n) is 1.55. The Morgan fingerprint density at radius 3 is 2.93 bits per heavy atom. The topological polar surface area (TPSA) is 50.7 Å². The molecule has 0 aromatic heterocycles. The molecule has 0 saturated heterocycles. The van der Waals surface area contributed by atoms with Gasteiger partial charge in [0.1, 0.15) is 5.82 Å². The molecule has 6 heteroatoms. The van der Waals surface area contributed by atoms with Crippen LogP contribution in [0, 0.1) is 5.82 Å². The summed E-state index contributed by atoms with van der Waals surface area (Å²) in [6.45, 7) is 0. The summed E-state index contributed by atoms with van der Waals surface area (Å²) in [5.74, 6) is -0.441. The minimum atomic E-state index is -0.441. The van der Waals surface area contributed by atoms with Crippen LogP contribution in [0.25, 0.3) is 0 Å². The van der Waals surface area contributed by atoms with Crippen LogP contribution in [0.5, 0.6) is 0 Å². The van der Waals surface area contributed by atoms with Crippen molar-refractivity contribution < 1.29 is 4.39 Å². The van der Waals surface area contributed by atoms with Gasteiger partial charge in [0.05, 0.1) is 11.2 Å². The fourth-order valence-electron chi connectivity index (χ4n) is 0.818. The van der Waals surface area contributed by atoms with Crippen molar-refractivity contribution >= 4 is 34.7 Å². The van der Waals surface area contributed by atoms with Gasteiger partial charge in [-0.15, -0.1) is 5.10 Å². The minimum absolute atomic E-state index is 0.205. The quantitative estimate of drug-likeness (QED) is 0.494. The Morgan fingerprint density at radius 1 is 1.60 bits per heavy atom. The lowest BCUT2D eigenvalue weighted by molar-refractivity contribution is 0.626. The van der Waals surface area contributed by atoms with E-state index in [2.05, 4.69) is 10.2 Å². The Bertz CT molecular complexity index is 386. The second-order valence-electron chi connectivity index (χ2n) is 2.52. The second-order valence-corrected chi connectivity index (χ2v) is 3.76. The number of nitrogens with two attached hydrogens (primary N) is 1. The molecule has 0 aliphatic carbocycles. The van der Waals surface area contributed by atoms with Crippen LogP contribution >= 0.6 is 23.4 Å². The number of benzene rings is 1. The molecule has 80 valence electrons. The van der Waals surface area contributed by atoms with E-state index in [1.807, 2.05) is 0 Å². The number of nitrogens with zero attached hydrogens (tertiary/aromatic N) is 2. The summed E-state index contributed by atoms with van der Waals surface area (Å²) in [5.41, 5.74) is 5.59. The Morgan fingerprint density at radius 2 is 2.33 bits per heavy atom. The molecule has 2 N–H and O–H groups in total. The van der Waals surface area contributed by atoms with Gasteiger partial charge in [0.2, 0.25) is 0 Å². The van der Waals surface area contributed by atoms with Gasteiger partial charge in [-0.25, -0.2) is 4.39 Å². The minimum Gasteiger partial charge on any atom is -0.377 e. The van der Waals surface area contributed by atoms with Crippen LogP contribution in [0.2, 0.25) is 5.02 Å². The summed E-state index contributed by atoms with van der Waals surface area (Å²) in [7, 11) is 0. The fourth-order valence-corrected chi connectivity index (χ4v) is 1.16. The van der Waals surface area contributed by atoms with Crippen LogP contribution in [-0.4, -0.2) is 17.6 Å². The Kier molecular flexibility index (Phi) is 4.58. The maximum atomic E-state index is 13.2. The molecule has 0 aliphatic heterocycles. The molecule has 0 radical (unpaired) electrons. The highest BCUT2D eigenvalue weighted by Crippen LogP contribution is 2.16. The average Bonchev–Trinajstić information content (AvgIpc) is 2.22. The predicted molar refractivity (Wildman–Crippen MR) is 64.1 cm³/mol. The van der Waals surface area contributed by atoms with Gasteiger partial charge >= 0.3 is 0 Å². The van der Waals surface area contributed by atoms with Crippen molar-refractivity contribution in [3.63, 3.8) is 0 Å². The summed E-state index contributed by atoms with van der Waals surface area (Å²) < 4.78 is 13.2. The molecule has 1 aromatic carbocycles. The highest BCUT2D eigenvalue weighted by molar-refractivity contribution is 8.13. The molecule has 1 rings (SSSR count). The molecule has 3 nitrogen and oxygen atoms in total. The van der Waals surface area contributed by atoms with Crippen molar-refractivity contribution in [2.75, 3.05) is 6.26 Å². The van der Waals surface area contributed by atoms with Crippen molar-refractivity contribution in [2.24, 2.45) is 15.9 Å². The summed E-state index contributed by atoms with van der Waals surface area (Å²) in [6.07, 6.45) is 3.01. The normalized spacial score (nSPS) is 12.3. The van der Waals surface area contributed by atoms with E-state index in [-0.39, 0.29) is 10.6 Å². The molecule has 0 spiro atoms. The fraction of sp³-hybridized carbons (Fsp3) is 0.111. The summed E-state index contributed by atoms with van der Waals surface area (Å²) in [4.78, 5) is 0. The van der Waals surface area contributed by atoms with E-state index in [0.29, 0.717) is 5.17 Å². The molecule has 0 fully saturated rings. The van der Waals surface area contributed by atoms with E-state index < -0.39 is 5.82 Å². The third-order valence-corrected chi connectivity index (χ3v) is 2.38. The first-order valence-corrected chi connectivity index (χ1v) is 5.60. The summed E-state index contributed by atoms with van der Waals surface area (Å²) in [5, 5.41) is 7.84. The standard InChI is InChI=1S/C9H9ClFN3S/c1-15-9(12)14-13-5-6-7(10)3-2-4-8(6)11/h2-5H,1H3,(H2,12,14). The van der Waals surface area contributed by atoms with Gasteiger partial charge in [-0.1, -0.05) is 29.4 Å². The van der Waals surface area contributed by atoms with Crippen molar-refractivity contribution in [3.05, 3.63) is 34.6 Å². The lowest BCUT2D eigenvalue weighted by Crippen LogP contribution is -2.04. The van der Waals surface area contributed by atoms with Crippen molar-refractivity contribution in [2.45, 2.75) is 0 Å². The molecule has 1 aromatic rings. The molecule has 0 aliphatic rings. The Hall–Kier alpha value is -1.07. The maximum Gasteiger partial charge on any atom is 0.180 e. The SMILES string of the molecule is CS/C(N)=N/N=Cc1c(F)cccc1Cl. The smallest absolute Gasteiger partial charge is 0.180 e. The summed E-state index contributed by atoms with van der Waals surface area (Å²) in [6, 6.07) is 4.40. The molecule has 0 atom stereocenters. The van der Waals surface area contributed by atoms with Gasteiger partial charge in [-0.2, -0.15) is 5.10 Å². The van der Waals surface area contributed by atoms with Crippen LogP contribution in [0.15, 0.2) is 28.4 Å².